The van der Waals surface area contributed by atoms with E-state index in [4.69, 9.17) is 4.52 Å². The van der Waals surface area contributed by atoms with Gasteiger partial charge in [0, 0.05) is 16.5 Å². The third-order valence-electron chi connectivity index (χ3n) is 3.73. The summed E-state index contributed by atoms with van der Waals surface area (Å²) < 4.78 is 5.22. The molecule has 6 heteroatoms. The van der Waals surface area contributed by atoms with Crippen LogP contribution in [0.25, 0.3) is 0 Å². The number of amides is 1. The van der Waals surface area contributed by atoms with E-state index in [0.29, 0.717) is 22.6 Å². The second-order valence-corrected chi connectivity index (χ2v) is 6.79. The Bertz CT molecular complexity index is 949. The van der Waals surface area contributed by atoms with Crippen molar-refractivity contribution in [1.29, 1.82) is 0 Å². The molecule has 0 fully saturated rings. The molecule has 1 N–H and O–H groups in total. The zero-order valence-corrected chi connectivity index (χ0v) is 15.3. The van der Waals surface area contributed by atoms with Gasteiger partial charge >= 0.3 is 0 Å². The van der Waals surface area contributed by atoms with Gasteiger partial charge in [0.1, 0.15) is 5.76 Å². The topological polar surface area (TPSA) is 72.2 Å². The number of carbonyl (C=O) groups is 2. The molecule has 26 heavy (non-hydrogen) atoms. The van der Waals surface area contributed by atoms with Crippen molar-refractivity contribution in [2.24, 2.45) is 0 Å². The Morgan fingerprint density at radius 3 is 2.46 bits per heavy atom. The molecule has 0 aliphatic carbocycles. The van der Waals surface area contributed by atoms with Gasteiger partial charge in [-0.05, 0) is 38.1 Å². The van der Waals surface area contributed by atoms with Crippen molar-refractivity contribution in [1.82, 2.24) is 5.16 Å². The third kappa shape index (κ3) is 4.21. The van der Waals surface area contributed by atoms with Crippen LogP contribution in [0.15, 0.2) is 64.0 Å². The molecule has 0 aliphatic rings. The van der Waals surface area contributed by atoms with E-state index in [9.17, 15) is 9.59 Å². The molecule has 0 saturated heterocycles. The van der Waals surface area contributed by atoms with Crippen molar-refractivity contribution in [3.05, 3.63) is 77.2 Å². The van der Waals surface area contributed by atoms with Gasteiger partial charge in [0.05, 0.1) is 22.7 Å². The second kappa shape index (κ2) is 8.01. The lowest BCUT2D eigenvalue weighted by atomic mass is 10.1. The monoisotopic (exact) mass is 366 g/mol. The zero-order valence-electron chi connectivity index (χ0n) is 14.5. The molecule has 5 nitrogen and oxygen atoms in total. The predicted molar refractivity (Wildman–Crippen MR) is 102 cm³/mol. The molecule has 0 unspecified atom stereocenters. The van der Waals surface area contributed by atoms with Gasteiger partial charge in [0.2, 0.25) is 0 Å². The quantitative estimate of drug-likeness (QED) is 0.504. The lowest BCUT2D eigenvalue weighted by Crippen LogP contribution is -2.15. The van der Waals surface area contributed by atoms with Crippen LogP contribution in [0.2, 0.25) is 0 Å². The number of ketones is 1. The maximum Gasteiger partial charge on any atom is 0.256 e. The summed E-state index contributed by atoms with van der Waals surface area (Å²) in [6.45, 7) is 3.35. The highest BCUT2D eigenvalue weighted by Gasteiger charge is 2.15. The number of anilines is 1. The maximum atomic E-state index is 12.8. The number of rotatable bonds is 6. The number of nitrogens with zero attached hydrogens (tertiary/aromatic N) is 1. The number of benzene rings is 2. The fourth-order valence-corrected chi connectivity index (χ4v) is 3.43. The minimum absolute atomic E-state index is 0.0933. The van der Waals surface area contributed by atoms with Crippen molar-refractivity contribution >= 4 is 29.1 Å². The van der Waals surface area contributed by atoms with Crippen LogP contribution in [0.4, 0.5) is 5.69 Å². The molecular formula is C20H18N2O3S. The number of aromatic nitrogens is 1. The average molecular weight is 366 g/mol. The lowest BCUT2D eigenvalue weighted by molar-refractivity contribution is 0.101. The first-order valence-electron chi connectivity index (χ1n) is 8.10. The Morgan fingerprint density at radius 2 is 1.77 bits per heavy atom. The summed E-state index contributed by atoms with van der Waals surface area (Å²) in [5.74, 6) is 0.985. The van der Waals surface area contributed by atoms with Gasteiger partial charge in [0.25, 0.3) is 5.91 Å². The minimum atomic E-state index is -0.254. The summed E-state index contributed by atoms with van der Waals surface area (Å²) in [7, 11) is 0. The number of carbonyl (C=O) groups excluding carboxylic acids is 2. The maximum absolute atomic E-state index is 12.8. The van der Waals surface area contributed by atoms with Gasteiger partial charge in [-0.1, -0.05) is 29.4 Å². The van der Waals surface area contributed by atoms with E-state index in [1.807, 2.05) is 31.2 Å². The first-order chi connectivity index (χ1) is 12.5. The number of nitrogens with one attached hydrogen (secondary N) is 1. The molecule has 0 bridgehead atoms. The average Bonchev–Trinajstić information content (AvgIpc) is 3.06. The van der Waals surface area contributed by atoms with Crippen molar-refractivity contribution < 1.29 is 14.1 Å². The third-order valence-corrected chi connectivity index (χ3v) is 4.83. The van der Waals surface area contributed by atoms with Crippen molar-refractivity contribution in [2.45, 2.75) is 24.5 Å². The number of thioether (sulfide) groups is 1. The fourth-order valence-electron chi connectivity index (χ4n) is 2.50. The number of para-hydroxylation sites is 1. The van der Waals surface area contributed by atoms with Gasteiger partial charge in [0.15, 0.2) is 5.78 Å². The van der Waals surface area contributed by atoms with E-state index < -0.39 is 0 Å². The van der Waals surface area contributed by atoms with Crippen LogP contribution in [-0.2, 0) is 5.75 Å². The first kappa shape index (κ1) is 17.9. The molecule has 0 radical (unpaired) electrons. The van der Waals surface area contributed by atoms with E-state index in [1.54, 1.807) is 30.3 Å². The molecule has 2 aromatic carbocycles. The van der Waals surface area contributed by atoms with Crippen LogP contribution in [0, 0.1) is 6.92 Å². The summed E-state index contributed by atoms with van der Waals surface area (Å²) in [6, 6.07) is 16.2. The van der Waals surface area contributed by atoms with E-state index in [2.05, 4.69) is 10.5 Å². The van der Waals surface area contributed by atoms with E-state index in [0.717, 1.165) is 16.3 Å². The van der Waals surface area contributed by atoms with Crippen LogP contribution in [0.1, 0.15) is 39.1 Å². The first-order valence-corrected chi connectivity index (χ1v) is 9.08. The summed E-state index contributed by atoms with van der Waals surface area (Å²) in [4.78, 5) is 25.3. The van der Waals surface area contributed by atoms with Crippen molar-refractivity contribution in [2.75, 3.05) is 5.32 Å². The predicted octanol–water partition coefficient (Wildman–Crippen LogP) is 4.73. The van der Waals surface area contributed by atoms with E-state index in [-0.39, 0.29) is 11.7 Å². The smallest absolute Gasteiger partial charge is 0.256 e. The van der Waals surface area contributed by atoms with E-state index in [1.165, 1.54) is 18.7 Å². The van der Waals surface area contributed by atoms with Gasteiger partial charge < -0.3 is 9.84 Å². The highest BCUT2D eigenvalue weighted by Crippen LogP contribution is 2.27. The Morgan fingerprint density at radius 1 is 1.08 bits per heavy atom. The molecule has 0 atom stereocenters. The van der Waals surface area contributed by atoms with Gasteiger partial charge in [-0.25, -0.2) is 0 Å². The lowest BCUT2D eigenvalue weighted by Gasteiger charge is -2.11. The van der Waals surface area contributed by atoms with Crippen LogP contribution in [0.5, 0.6) is 0 Å². The number of hydrogen-bond donors (Lipinski definition) is 1. The SMILES string of the molecule is CC(=O)c1ccccc1NC(=O)c1ccccc1SCc1cc(C)no1. The summed E-state index contributed by atoms with van der Waals surface area (Å²) >= 11 is 1.50. The summed E-state index contributed by atoms with van der Waals surface area (Å²) in [5, 5.41) is 6.71. The largest absolute Gasteiger partial charge is 0.360 e. The van der Waals surface area contributed by atoms with Crippen LogP contribution >= 0.6 is 11.8 Å². The molecule has 132 valence electrons. The molecule has 3 aromatic rings. The Hall–Kier alpha value is -2.86. The molecule has 1 amide bonds. The van der Waals surface area contributed by atoms with Gasteiger partial charge in [-0.15, -0.1) is 11.8 Å². The molecule has 1 heterocycles. The highest BCUT2D eigenvalue weighted by molar-refractivity contribution is 7.98. The molecule has 1 aromatic heterocycles. The van der Waals surface area contributed by atoms with Gasteiger partial charge in [-0.3, -0.25) is 9.59 Å². The highest BCUT2D eigenvalue weighted by atomic mass is 32.2. The number of hydrogen-bond acceptors (Lipinski definition) is 5. The normalized spacial score (nSPS) is 10.5. The molecule has 3 rings (SSSR count). The zero-order chi connectivity index (χ0) is 18.5. The molecule has 0 saturated carbocycles. The molecule has 0 spiro atoms. The van der Waals surface area contributed by atoms with Crippen LogP contribution < -0.4 is 5.32 Å². The fraction of sp³-hybridized carbons (Fsp3) is 0.150. The minimum Gasteiger partial charge on any atom is -0.360 e. The van der Waals surface area contributed by atoms with E-state index >= 15 is 0 Å². The van der Waals surface area contributed by atoms with Crippen LogP contribution in [0.3, 0.4) is 0 Å². The van der Waals surface area contributed by atoms with Gasteiger partial charge in [-0.2, -0.15) is 0 Å². The Balaban J connectivity index is 1.79. The molecular weight excluding hydrogens is 348 g/mol. The summed E-state index contributed by atoms with van der Waals surface area (Å²) in [5.41, 5.74) is 2.37. The summed E-state index contributed by atoms with van der Waals surface area (Å²) in [6.07, 6.45) is 0. The standard InChI is InChI=1S/C20H18N2O3S/c1-13-11-15(25-22-13)12-26-19-10-6-4-8-17(19)20(24)21-18-9-5-3-7-16(18)14(2)23/h3-11H,12H2,1-2H3,(H,21,24). The van der Waals surface area contributed by atoms with Crippen molar-refractivity contribution in [3.8, 4) is 0 Å². The second-order valence-electron chi connectivity index (χ2n) is 5.78. The Kier molecular flexibility index (Phi) is 5.53. The van der Waals surface area contributed by atoms with Crippen LogP contribution in [-0.4, -0.2) is 16.8 Å². The van der Waals surface area contributed by atoms with Crippen molar-refractivity contribution in [3.63, 3.8) is 0 Å². The number of aryl methyl sites for hydroxylation is 1. The molecule has 0 aliphatic heterocycles. The Labute approximate surface area is 155 Å². The number of Topliss-reactive ketones (excluding diaryl/α,β-unsaturated/α-hetero) is 1.